The number of likely N-dealkylation sites (tertiary alicyclic amines) is 1. The van der Waals surface area contributed by atoms with Crippen LogP contribution in [0.3, 0.4) is 0 Å². The molecule has 0 radical (unpaired) electrons. The van der Waals surface area contributed by atoms with Crippen molar-refractivity contribution in [3.05, 3.63) is 47.4 Å². The highest BCUT2D eigenvalue weighted by molar-refractivity contribution is 5.99. The number of hydrogen-bond acceptors (Lipinski definition) is 5. The molecule has 2 saturated heterocycles. The molecule has 0 bridgehead atoms. The number of rotatable bonds is 2. The van der Waals surface area contributed by atoms with Gasteiger partial charge in [0.25, 0.3) is 5.91 Å². The molecule has 2 aromatic heterocycles. The number of aliphatic hydroxyl groups excluding tert-OH is 1. The monoisotopic (exact) mass is 409 g/mol. The fraction of sp³-hybridized carbons (Fsp3) is 0.565. The SMILES string of the molecule is Cc1ccc2n1CCN(C)C21CCN(C(=O)c2cccnc2N2CCC(O)C2)CC1. The van der Waals surface area contributed by atoms with Gasteiger partial charge >= 0.3 is 0 Å². The topological polar surface area (TPSA) is 64.8 Å². The number of carbonyl (C=O) groups is 1. The quantitative estimate of drug-likeness (QED) is 0.820. The van der Waals surface area contributed by atoms with E-state index in [1.54, 1.807) is 6.20 Å². The van der Waals surface area contributed by atoms with Crippen molar-refractivity contribution in [2.75, 3.05) is 44.7 Å². The molecule has 7 heteroatoms. The molecule has 2 fully saturated rings. The summed E-state index contributed by atoms with van der Waals surface area (Å²) in [5.74, 6) is 0.762. The van der Waals surface area contributed by atoms with Gasteiger partial charge in [-0.3, -0.25) is 9.69 Å². The Morgan fingerprint density at radius 3 is 2.67 bits per heavy atom. The molecule has 3 aliphatic rings. The van der Waals surface area contributed by atoms with Crippen LogP contribution in [0, 0.1) is 6.92 Å². The Morgan fingerprint density at radius 1 is 1.13 bits per heavy atom. The first-order valence-electron chi connectivity index (χ1n) is 11.0. The van der Waals surface area contributed by atoms with Gasteiger partial charge in [0, 0.05) is 56.9 Å². The summed E-state index contributed by atoms with van der Waals surface area (Å²) in [5, 5.41) is 9.92. The number of anilines is 1. The molecule has 30 heavy (non-hydrogen) atoms. The molecular formula is C23H31N5O2. The molecule has 1 N–H and O–H groups in total. The summed E-state index contributed by atoms with van der Waals surface area (Å²) in [6, 6.07) is 8.21. The van der Waals surface area contributed by atoms with Crippen molar-refractivity contribution < 1.29 is 9.90 Å². The number of piperidine rings is 1. The summed E-state index contributed by atoms with van der Waals surface area (Å²) >= 11 is 0. The van der Waals surface area contributed by atoms with Gasteiger partial charge in [-0.1, -0.05) is 0 Å². The maximum atomic E-state index is 13.4. The van der Waals surface area contributed by atoms with Crippen LogP contribution in [0.15, 0.2) is 30.5 Å². The Hall–Kier alpha value is -2.38. The molecule has 5 heterocycles. The number of nitrogens with zero attached hydrogens (tertiary/aromatic N) is 5. The molecule has 1 spiro atoms. The van der Waals surface area contributed by atoms with E-state index in [4.69, 9.17) is 0 Å². The molecule has 0 aliphatic carbocycles. The highest BCUT2D eigenvalue weighted by atomic mass is 16.3. The number of amides is 1. The van der Waals surface area contributed by atoms with Crippen LogP contribution in [0.4, 0.5) is 5.82 Å². The van der Waals surface area contributed by atoms with E-state index in [-0.39, 0.29) is 17.6 Å². The Labute approximate surface area is 177 Å². The number of likely N-dealkylation sites (N-methyl/N-ethyl adjacent to an activating group) is 1. The van der Waals surface area contributed by atoms with Crippen molar-refractivity contribution in [3.8, 4) is 0 Å². The van der Waals surface area contributed by atoms with Gasteiger partial charge in [-0.05, 0) is 57.5 Å². The zero-order valence-corrected chi connectivity index (χ0v) is 17.9. The van der Waals surface area contributed by atoms with E-state index in [2.05, 4.69) is 40.6 Å². The first-order valence-corrected chi connectivity index (χ1v) is 11.0. The number of β-amino-alcohol motifs (C(OH)–C–C–N with tert-alkyl or cyclic N) is 1. The van der Waals surface area contributed by atoms with E-state index in [0.29, 0.717) is 17.9 Å². The molecule has 1 atom stereocenters. The molecule has 5 rings (SSSR count). The Morgan fingerprint density at radius 2 is 1.93 bits per heavy atom. The summed E-state index contributed by atoms with van der Waals surface area (Å²) in [7, 11) is 2.22. The van der Waals surface area contributed by atoms with Crippen molar-refractivity contribution in [1.82, 2.24) is 19.4 Å². The van der Waals surface area contributed by atoms with Crippen molar-refractivity contribution >= 4 is 11.7 Å². The summed E-state index contributed by atoms with van der Waals surface area (Å²) < 4.78 is 2.45. The fourth-order valence-electron chi connectivity index (χ4n) is 5.57. The van der Waals surface area contributed by atoms with Crippen molar-refractivity contribution in [1.29, 1.82) is 0 Å². The van der Waals surface area contributed by atoms with E-state index in [9.17, 15) is 9.90 Å². The van der Waals surface area contributed by atoms with Crippen molar-refractivity contribution in [2.24, 2.45) is 0 Å². The number of aryl methyl sites for hydroxylation is 1. The summed E-state index contributed by atoms with van der Waals surface area (Å²) in [6.45, 7) is 7.02. The number of pyridine rings is 1. The lowest BCUT2D eigenvalue weighted by molar-refractivity contribution is 0.0128. The first kappa shape index (κ1) is 19.6. The standard InChI is InChI=1S/C23H31N5O2/c1-17-5-6-20-23(25(2)14-15-28(17)20)8-12-26(13-9-23)22(30)19-4-3-10-24-21(19)27-11-7-18(29)16-27/h3-6,10,18,29H,7-9,11-16H2,1-2H3. The Kier molecular flexibility index (Phi) is 4.82. The molecule has 7 nitrogen and oxygen atoms in total. The van der Waals surface area contributed by atoms with Crippen LogP contribution in [0.25, 0.3) is 0 Å². The lowest BCUT2D eigenvalue weighted by Crippen LogP contribution is -2.56. The van der Waals surface area contributed by atoms with E-state index in [1.165, 1.54) is 11.4 Å². The number of carbonyl (C=O) groups excluding carboxylic acids is 1. The van der Waals surface area contributed by atoms with Gasteiger partial charge in [-0.2, -0.15) is 0 Å². The lowest BCUT2D eigenvalue weighted by Gasteiger charge is -2.50. The van der Waals surface area contributed by atoms with Crippen LogP contribution in [0.2, 0.25) is 0 Å². The average Bonchev–Trinajstić information content (AvgIpc) is 3.37. The van der Waals surface area contributed by atoms with Crippen LogP contribution in [-0.2, 0) is 12.1 Å². The Bertz CT molecular complexity index is 947. The second-order valence-electron chi connectivity index (χ2n) is 9.02. The maximum absolute atomic E-state index is 13.4. The number of aromatic nitrogens is 2. The van der Waals surface area contributed by atoms with Crippen LogP contribution in [-0.4, -0.2) is 76.2 Å². The van der Waals surface area contributed by atoms with Crippen LogP contribution in [0.1, 0.15) is 41.0 Å². The van der Waals surface area contributed by atoms with Gasteiger partial charge in [0.2, 0.25) is 0 Å². The van der Waals surface area contributed by atoms with Gasteiger partial charge in [-0.25, -0.2) is 4.98 Å². The summed E-state index contributed by atoms with van der Waals surface area (Å²) in [5.41, 5.74) is 3.39. The zero-order valence-electron chi connectivity index (χ0n) is 17.9. The minimum atomic E-state index is -0.341. The van der Waals surface area contributed by atoms with Gasteiger partial charge < -0.3 is 19.5 Å². The maximum Gasteiger partial charge on any atom is 0.257 e. The van der Waals surface area contributed by atoms with Crippen molar-refractivity contribution in [3.63, 3.8) is 0 Å². The van der Waals surface area contributed by atoms with E-state index in [1.807, 2.05) is 21.9 Å². The zero-order chi connectivity index (χ0) is 20.9. The molecule has 160 valence electrons. The largest absolute Gasteiger partial charge is 0.391 e. The number of hydrogen-bond donors (Lipinski definition) is 1. The smallest absolute Gasteiger partial charge is 0.257 e. The molecule has 1 unspecified atom stereocenters. The summed E-state index contributed by atoms with van der Waals surface area (Å²) in [6.07, 6.45) is 4.00. The van der Waals surface area contributed by atoms with Gasteiger partial charge in [-0.15, -0.1) is 0 Å². The average molecular weight is 410 g/mol. The minimum absolute atomic E-state index is 0.0140. The van der Waals surface area contributed by atoms with E-state index in [0.717, 1.165) is 52.0 Å². The molecular weight excluding hydrogens is 378 g/mol. The molecule has 3 aliphatic heterocycles. The second kappa shape index (κ2) is 7.39. The molecule has 2 aromatic rings. The third-order valence-corrected chi connectivity index (χ3v) is 7.42. The van der Waals surface area contributed by atoms with Crippen LogP contribution in [0.5, 0.6) is 0 Å². The normalized spacial score (nSPS) is 23.8. The van der Waals surface area contributed by atoms with E-state index >= 15 is 0 Å². The highest BCUT2D eigenvalue weighted by Crippen LogP contribution is 2.41. The third kappa shape index (κ3) is 3.03. The number of aliphatic hydroxyl groups is 1. The van der Waals surface area contributed by atoms with Crippen LogP contribution < -0.4 is 4.90 Å². The lowest BCUT2D eigenvalue weighted by atomic mass is 9.81. The third-order valence-electron chi connectivity index (χ3n) is 7.42. The van der Waals surface area contributed by atoms with Crippen LogP contribution >= 0.6 is 0 Å². The molecule has 0 aromatic carbocycles. The van der Waals surface area contributed by atoms with Gasteiger partial charge in [0.15, 0.2) is 0 Å². The van der Waals surface area contributed by atoms with E-state index < -0.39 is 0 Å². The van der Waals surface area contributed by atoms with Gasteiger partial charge in [0.05, 0.1) is 17.2 Å². The highest BCUT2D eigenvalue weighted by Gasteiger charge is 2.45. The van der Waals surface area contributed by atoms with Crippen molar-refractivity contribution in [2.45, 2.75) is 44.4 Å². The molecule has 1 amide bonds. The summed E-state index contributed by atoms with van der Waals surface area (Å²) in [4.78, 5) is 24.4. The minimum Gasteiger partial charge on any atom is -0.391 e. The predicted molar refractivity (Wildman–Crippen MR) is 116 cm³/mol. The first-order chi connectivity index (χ1) is 14.5. The second-order valence-corrected chi connectivity index (χ2v) is 9.02. The Balaban J connectivity index is 1.36. The predicted octanol–water partition coefficient (Wildman–Crippen LogP) is 1.84. The fourth-order valence-corrected chi connectivity index (χ4v) is 5.57. The number of fused-ring (bicyclic) bond motifs is 2. The molecule has 0 saturated carbocycles. The van der Waals surface area contributed by atoms with Gasteiger partial charge in [0.1, 0.15) is 5.82 Å².